The average Bonchev–Trinajstić information content (AvgIpc) is 2.37. The van der Waals surface area contributed by atoms with Crippen molar-refractivity contribution in [2.24, 2.45) is 5.92 Å². The van der Waals surface area contributed by atoms with Crippen LogP contribution < -0.4 is 4.90 Å². The minimum atomic E-state index is -1.06. The van der Waals surface area contributed by atoms with Gasteiger partial charge in [0, 0.05) is 17.8 Å². The Hall–Kier alpha value is -2.37. The molecule has 0 spiro atoms. The first-order valence-corrected chi connectivity index (χ1v) is 6.11. The van der Waals surface area contributed by atoms with Gasteiger partial charge < -0.3 is 15.1 Å². The number of carboxylic acid groups (broad SMARTS) is 2. The van der Waals surface area contributed by atoms with Gasteiger partial charge in [-0.1, -0.05) is 19.1 Å². The second kappa shape index (κ2) is 6.70. The van der Waals surface area contributed by atoms with Crippen molar-refractivity contribution < 1.29 is 24.6 Å². The topological polar surface area (TPSA) is 94.9 Å². The van der Waals surface area contributed by atoms with E-state index >= 15 is 0 Å². The number of carbonyl (C=O) groups is 3. The van der Waals surface area contributed by atoms with Crippen LogP contribution in [-0.4, -0.2) is 41.0 Å². The number of hydrogen-bond donors (Lipinski definition) is 2. The first-order valence-electron chi connectivity index (χ1n) is 6.11. The summed E-state index contributed by atoms with van der Waals surface area (Å²) in [6.07, 6.45) is 0. The van der Waals surface area contributed by atoms with Gasteiger partial charge in [-0.05, 0) is 19.1 Å². The number of carboxylic acids is 2. The third kappa shape index (κ3) is 4.38. The molecular weight excluding hydrogens is 262 g/mol. The Morgan fingerprint density at radius 2 is 1.90 bits per heavy atom. The molecule has 6 nitrogen and oxygen atoms in total. The monoisotopic (exact) mass is 279 g/mol. The Morgan fingerprint density at radius 3 is 2.40 bits per heavy atom. The zero-order valence-corrected chi connectivity index (χ0v) is 11.4. The molecule has 0 saturated heterocycles. The number of ketones is 1. The quantitative estimate of drug-likeness (QED) is 0.734. The Kier molecular flexibility index (Phi) is 5.25. The lowest BCUT2D eigenvalue weighted by atomic mass is 10.1. The maximum atomic E-state index is 11.3. The zero-order chi connectivity index (χ0) is 15.3. The highest BCUT2D eigenvalue weighted by Gasteiger charge is 2.19. The first-order chi connectivity index (χ1) is 9.31. The van der Waals surface area contributed by atoms with E-state index in [9.17, 15) is 14.4 Å². The van der Waals surface area contributed by atoms with Crippen LogP contribution in [-0.2, 0) is 9.59 Å². The van der Waals surface area contributed by atoms with Crippen molar-refractivity contribution in [3.8, 4) is 0 Å². The number of nitrogens with zero attached hydrogens (tertiary/aromatic N) is 1. The highest BCUT2D eigenvalue weighted by molar-refractivity contribution is 5.95. The predicted octanol–water partition coefficient (Wildman–Crippen LogP) is 1.50. The molecule has 6 heteroatoms. The van der Waals surface area contributed by atoms with E-state index < -0.39 is 17.9 Å². The Bertz CT molecular complexity index is 526. The van der Waals surface area contributed by atoms with Gasteiger partial charge in [-0.3, -0.25) is 14.4 Å². The molecule has 0 aromatic heterocycles. The lowest BCUT2D eigenvalue weighted by Crippen LogP contribution is -2.36. The fraction of sp³-hybridized carbons (Fsp3) is 0.357. The minimum Gasteiger partial charge on any atom is -0.481 e. The van der Waals surface area contributed by atoms with E-state index in [1.54, 1.807) is 24.3 Å². The summed E-state index contributed by atoms with van der Waals surface area (Å²) in [5.74, 6) is -2.90. The summed E-state index contributed by atoms with van der Waals surface area (Å²) in [7, 11) is 0. The number of anilines is 1. The average molecular weight is 279 g/mol. The standard InChI is InChI=1S/C14H17NO5/c1-9(14(19)20)7-15(8-13(17)18)12-5-3-4-11(6-12)10(2)16/h3-6,9H,7-8H2,1-2H3,(H,17,18)(H,19,20). The lowest BCUT2D eigenvalue weighted by molar-refractivity contribution is -0.141. The van der Waals surface area contributed by atoms with E-state index in [0.29, 0.717) is 11.3 Å². The van der Waals surface area contributed by atoms with Crippen LogP contribution in [0.25, 0.3) is 0 Å². The third-order valence-corrected chi connectivity index (χ3v) is 2.86. The second-order valence-electron chi connectivity index (χ2n) is 4.62. The van der Waals surface area contributed by atoms with Gasteiger partial charge in [0.1, 0.15) is 6.54 Å². The van der Waals surface area contributed by atoms with Crippen LogP contribution in [0.15, 0.2) is 24.3 Å². The van der Waals surface area contributed by atoms with Crippen LogP contribution in [0.2, 0.25) is 0 Å². The smallest absolute Gasteiger partial charge is 0.323 e. The van der Waals surface area contributed by atoms with E-state index in [4.69, 9.17) is 10.2 Å². The largest absolute Gasteiger partial charge is 0.481 e. The van der Waals surface area contributed by atoms with Gasteiger partial charge in [-0.2, -0.15) is 0 Å². The number of Topliss-reactive ketones (excluding diaryl/α,β-unsaturated/α-hetero) is 1. The van der Waals surface area contributed by atoms with Crippen LogP contribution in [0, 0.1) is 5.92 Å². The molecule has 1 atom stereocenters. The molecule has 0 radical (unpaired) electrons. The molecule has 2 N–H and O–H groups in total. The van der Waals surface area contributed by atoms with Crippen molar-refractivity contribution in [1.82, 2.24) is 0 Å². The van der Waals surface area contributed by atoms with Gasteiger partial charge in [-0.25, -0.2) is 0 Å². The molecule has 0 fully saturated rings. The van der Waals surface area contributed by atoms with Gasteiger partial charge >= 0.3 is 11.9 Å². The van der Waals surface area contributed by atoms with Gasteiger partial charge in [0.05, 0.1) is 5.92 Å². The van der Waals surface area contributed by atoms with E-state index in [2.05, 4.69) is 0 Å². The highest BCUT2D eigenvalue weighted by Crippen LogP contribution is 2.18. The summed E-state index contributed by atoms with van der Waals surface area (Å²) in [5, 5.41) is 17.8. The molecule has 1 unspecified atom stereocenters. The molecule has 1 aromatic rings. The van der Waals surface area contributed by atoms with Crippen LogP contribution in [0.1, 0.15) is 24.2 Å². The van der Waals surface area contributed by atoms with Crippen molar-refractivity contribution in [1.29, 1.82) is 0 Å². The maximum Gasteiger partial charge on any atom is 0.323 e. The lowest BCUT2D eigenvalue weighted by Gasteiger charge is -2.25. The molecule has 108 valence electrons. The van der Waals surface area contributed by atoms with Crippen LogP contribution in [0.3, 0.4) is 0 Å². The summed E-state index contributed by atoms with van der Waals surface area (Å²) < 4.78 is 0. The fourth-order valence-electron chi connectivity index (χ4n) is 1.75. The predicted molar refractivity (Wildman–Crippen MR) is 73.1 cm³/mol. The van der Waals surface area contributed by atoms with Crippen molar-refractivity contribution in [2.75, 3.05) is 18.0 Å². The Labute approximate surface area is 116 Å². The molecule has 0 heterocycles. The number of rotatable bonds is 7. The van der Waals surface area contributed by atoms with Crippen LogP contribution in [0.4, 0.5) is 5.69 Å². The SMILES string of the molecule is CC(=O)c1cccc(N(CC(=O)O)CC(C)C(=O)O)c1. The number of hydrogen-bond acceptors (Lipinski definition) is 4. The molecule has 0 amide bonds. The van der Waals surface area contributed by atoms with Crippen molar-refractivity contribution in [2.45, 2.75) is 13.8 Å². The zero-order valence-electron chi connectivity index (χ0n) is 11.4. The molecule has 0 aliphatic rings. The van der Waals surface area contributed by atoms with E-state index in [1.807, 2.05) is 0 Å². The summed E-state index contributed by atoms with van der Waals surface area (Å²) in [6.45, 7) is 2.66. The van der Waals surface area contributed by atoms with E-state index in [0.717, 1.165) is 0 Å². The molecule has 0 aliphatic heterocycles. The fourth-order valence-corrected chi connectivity index (χ4v) is 1.75. The Morgan fingerprint density at radius 1 is 1.25 bits per heavy atom. The maximum absolute atomic E-state index is 11.3. The number of benzene rings is 1. The van der Waals surface area contributed by atoms with Crippen molar-refractivity contribution in [3.63, 3.8) is 0 Å². The van der Waals surface area contributed by atoms with Gasteiger partial charge in [0.2, 0.25) is 0 Å². The normalized spacial score (nSPS) is 11.7. The molecule has 0 aliphatic carbocycles. The molecular formula is C14H17NO5. The molecule has 1 aromatic carbocycles. The van der Waals surface area contributed by atoms with Crippen LogP contribution >= 0.6 is 0 Å². The molecule has 0 bridgehead atoms. The summed E-state index contributed by atoms with van der Waals surface area (Å²) in [4.78, 5) is 34.6. The van der Waals surface area contributed by atoms with Gasteiger partial charge in [-0.15, -0.1) is 0 Å². The van der Waals surface area contributed by atoms with Crippen molar-refractivity contribution in [3.05, 3.63) is 29.8 Å². The molecule has 0 saturated carbocycles. The number of carbonyl (C=O) groups excluding carboxylic acids is 1. The summed E-state index contributed by atoms with van der Waals surface area (Å²) in [5.41, 5.74) is 0.981. The summed E-state index contributed by atoms with van der Waals surface area (Å²) in [6, 6.07) is 6.50. The Balaban J connectivity index is 3.03. The summed E-state index contributed by atoms with van der Waals surface area (Å²) >= 11 is 0. The third-order valence-electron chi connectivity index (χ3n) is 2.86. The van der Waals surface area contributed by atoms with Gasteiger partial charge in [0.25, 0.3) is 0 Å². The van der Waals surface area contributed by atoms with Gasteiger partial charge in [0.15, 0.2) is 5.78 Å². The van der Waals surface area contributed by atoms with Crippen molar-refractivity contribution >= 4 is 23.4 Å². The van der Waals surface area contributed by atoms with E-state index in [1.165, 1.54) is 18.7 Å². The first kappa shape index (κ1) is 15.7. The molecule has 1 rings (SSSR count). The van der Waals surface area contributed by atoms with E-state index in [-0.39, 0.29) is 18.9 Å². The minimum absolute atomic E-state index is 0.0585. The second-order valence-corrected chi connectivity index (χ2v) is 4.62. The molecule has 20 heavy (non-hydrogen) atoms. The highest BCUT2D eigenvalue weighted by atomic mass is 16.4. The van der Waals surface area contributed by atoms with Crippen LogP contribution in [0.5, 0.6) is 0 Å². The number of aliphatic carboxylic acids is 2.